The van der Waals surface area contributed by atoms with Crippen LogP contribution in [0.5, 0.6) is 11.5 Å². The largest absolute Gasteiger partial charge is 0.493 e. The number of aromatic nitrogens is 1. The number of fused-ring (bicyclic) bond motifs is 1. The first kappa shape index (κ1) is 23.0. The van der Waals surface area contributed by atoms with Crippen molar-refractivity contribution in [3.63, 3.8) is 0 Å². The molecule has 0 spiro atoms. The van der Waals surface area contributed by atoms with Crippen molar-refractivity contribution in [3.05, 3.63) is 89.0 Å². The highest BCUT2D eigenvalue weighted by atomic mass is 16.5. The number of para-hydroxylation sites is 1. The number of rotatable bonds is 7. The van der Waals surface area contributed by atoms with E-state index in [0.717, 1.165) is 16.7 Å². The van der Waals surface area contributed by atoms with Crippen molar-refractivity contribution < 1.29 is 23.8 Å². The zero-order valence-electron chi connectivity index (χ0n) is 19.5. The Kier molecular flexibility index (Phi) is 6.59. The Morgan fingerprint density at radius 1 is 0.853 bits per heavy atom. The number of hydrogen-bond acceptors (Lipinski definition) is 6. The van der Waals surface area contributed by atoms with Gasteiger partial charge in [-0.25, -0.2) is 9.78 Å². The van der Waals surface area contributed by atoms with E-state index in [1.165, 1.54) is 14.2 Å². The number of aryl methyl sites for hydroxylation is 2. The molecule has 0 amide bonds. The van der Waals surface area contributed by atoms with Gasteiger partial charge in [-0.05, 0) is 49.7 Å². The van der Waals surface area contributed by atoms with Gasteiger partial charge in [-0.2, -0.15) is 0 Å². The van der Waals surface area contributed by atoms with Crippen LogP contribution in [0, 0.1) is 13.8 Å². The molecule has 1 aromatic heterocycles. The summed E-state index contributed by atoms with van der Waals surface area (Å²) in [7, 11) is 3.01. The van der Waals surface area contributed by atoms with Gasteiger partial charge in [0.2, 0.25) is 0 Å². The van der Waals surface area contributed by atoms with E-state index in [2.05, 4.69) is 6.07 Å². The standard InChI is InChI=1S/C28H25NO5/c1-17-9-11-20(18(2)13-17)24-15-22(21-7-5-6-8-23(21)29-24)28(31)34-16-25(30)19-10-12-26(32-3)27(14-19)33-4/h5-15H,16H2,1-4H3. The third-order valence-electron chi connectivity index (χ3n) is 5.63. The molecule has 0 N–H and O–H groups in total. The first-order chi connectivity index (χ1) is 16.4. The number of ether oxygens (including phenoxy) is 3. The molecule has 1 heterocycles. The van der Waals surface area contributed by atoms with Gasteiger partial charge in [0.1, 0.15) is 0 Å². The van der Waals surface area contributed by atoms with Crippen LogP contribution in [0.15, 0.2) is 66.7 Å². The normalized spacial score (nSPS) is 10.7. The molecule has 34 heavy (non-hydrogen) atoms. The van der Waals surface area contributed by atoms with Gasteiger partial charge in [0.05, 0.1) is 31.0 Å². The molecule has 0 atom stereocenters. The third kappa shape index (κ3) is 4.62. The average molecular weight is 456 g/mol. The summed E-state index contributed by atoms with van der Waals surface area (Å²) in [5.41, 5.74) is 5.22. The van der Waals surface area contributed by atoms with E-state index in [9.17, 15) is 9.59 Å². The molecule has 0 aliphatic heterocycles. The van der Waals surface area contributed by atoms with Crippen LogP contribution in [-0.4, -0.2) is 37.6 Å². The molecule has 0 radical (unpaired) electrons. The Labute approximate surface area is 198 Å². The lowest BCUT2D eigenvalue weighted by atomic mass is 9.99. The number of carbonyl (C=O) groups is 2. The van der Waals surface area contributed by atoms with Crippen molar-refractivity contribution in [1.82, 2.24) is 4.98 Å². The van der Waals surface area contributed by atoms with Gasteiger partial charge < -0.3 is 14.2 Å². The maximum Gasteiger partial charge on any atom is 0.339 e. The Hall–Kier alpha value is -4.19. The second-order valence-corrected chi connectivity index (χ2v) is 7.96. The second kappa shape index (κ2) is 9.75. The minimum atomic E-state index is -0.585. The number of Topliss-reactive ketones (excluding diaryl/α,β-unsaturated/α-hetero) is 1. The molecule has 4 rings (SSSR count). The van der Waals surface area contributed by atoms with Gasteiger partial charge >= 0.3 is 5.97 Å². The van der Waals surface area contributed by atoms with E-state index < -0.39 is 12.6 Å². The monoisotopic (exact) mass is 455 g/mol. The summed E-state index contributed by atoms with van der Waals surface area (Å²) in [6.07, 6.45) is 0. The van der Waals surface area contributed by atoms with Gasteiger partial charge in [-0.3, -0.25) is 4.79 Å². The molecule has 6 nitrogen and oxygen atoms in total. The second-order valence-electron chi connectivity index (χ2n) is 7.96. The summed E-state index contributed by atoms with van der Waals surface area (Å²) in [5.74, 6) is 0.0110. The molecule has 0 saturated carbocycles. The van der Waals surface area contributed by atoms with Gasteiger partial charge in [0, 0.05) is 16.5 Å². The Morgan fingerprint density at radius 3 is 2.35 bits per heavy atom. The molecule has 0 aliphatic rings. The minimum Gasteiger partial charge on any atom is -0.493 e. The highest BCUT2D eigenvalue weighted by Crippen LogP contribution is 2.29. The minimum absolute atomic E-state index is 0.345. The van der Waals surface area contributed by atoms with Crippen LogP contribution in [-0.2, 0) is 4.74 Å². The summed E-state index contributed by atoms with van der Waals surface area (Å²) >= 11 is 0. The Balaban J connectivity index is 1.63. The fourth-order valence-electron chi connectivity index (χ4n) is 3.89. The average Bonchev–Trinajstić information content (AvgIpc) is 2.85. The molecule has 172 valence electrons. The fraction of sp³-hybridized carbons (Fsp3) is 0.179. The molecule has 0 aliphatic carbocycles. The van der Waals surface area contributed by atoms with E-state index in [-0.39, 0.29) is 5.78 Å². The predicted octanol–water partition coefficient (Wildman–Crippen LogP) is 5.58. The molecule has 0 saturated heterocycles. The lowest BCUT2D eigenvalue weighted by Gasteiger charge is -2.12. The fourth-order valence-corrected chi connectivity index (χ4v) is 3.89. The molecule has 3 aromatic carbocycles. The van der Waals surface area contributed by atoms with Crippen LogP contribution in [0.2, 0.25) is 0 Å². The van der Waals surface area contributed by atoms with E-state index >= 15 is 0 Å². The van der Waals surface area contributed by atoms with E-state index in [4.69, 9.17) is 19.2 Å². The van der Waals surface area contributed by atoms with E-state index in [1.54, 1.807) is 24.3 Å². The molecule has 6 heteroatoms. The summed E-state index contributed by atoms with van der Waals surface area (Å²) in [5, 5.41) is 0.666. The van der Waals surface area contributed by atoms with Gasteiger partial charge in [0.25, 0.3) is 0 Å². The van der Waals surface area contributed by atoms with Crippen LogP contribution in [0.3, 0.4) is 0 Å². The zero-order chi connectivity index (χ0) is 24.2. The van der Waals surface area contributed by atoms with Gasteiger partial charge in [-0.15, -0.1) is 0 Å². The number of hydrogen-bond donors (Lipinski definition) is 0. The zero-order valence-corrected chi connectivity index (χ0v) is 19.5. The van der Waals surface area contributed by atoms with Crippen molar-refractivity contribution in [2.45, 2.75) is 13.8 Å². The molecule has 0 unspecified atom stereocenters. The topological polar surface area (TPSA) is 74.7 Å². The third-order valence-corrected chi connectivity index (χ3v) is 5.63. The summed E-state index contributed by atoms with van der Waals surface area (Å²) in [6, 6.07) is 20.0. The first-order valence-electron chi connectivity index (χ1n) is 10.8. The van der Waals surface area contributed by atoms with Gasteiger partial charge in [0.15, 0.2) is 23.9 Å². The summed E-state index contributed by atoms with van der Waals surface area (Å²) in [4.78, 5) is 30.5. The summed E-state index contributed by atoms with van der Waals surface area (Å²) < 4.78 is 15.9. The van der Waals surface area contributed by atoms with E-state index in [1.807, 2.05) is 50.2 Å². The number of nitrogens with zero attached hydrogens (tertiary/aromatic N) is 1. The maximum absolute atomic E-state index is 13.1. The number of pyridine rings is 1. The molecule has 0 fully saturated rings. The van der Waals surface area contributed by atoms with Crippen molar-refractivity contribution >= 4 is 22.7 Å². The summed E-state index contributed by atoms with van der Waals surface area (Å²) in [6.45, 7) is 3.64. The van der Waals surface area contributed by atoms with Crippen molar-refractivity contribution in [2.75, 3.05) is 20.8 Å². The van der Waals surface area contributed by atoms with Crippen LogP contribution >= 0.6 is 0 Å². The lowest BCUT2D eigenvalue weighted by Crippen LogP contribution is -2.15. The van der Waals surface area contributed by atoms with Crippen molar-refractivity contribution in [2.24, 2.45) is 0 Å². The smallest absolute Gasteiger partial charge is 0.339 e. The maximum atomic E-state index is 13.1. The van der Waals surface area contributed by atoms with Crippen molar-refractivity contribution in [1.29, 1.82) is 0 Å². The van der Waals surface area contributed by atoms with Crippen molar-refractivity contribution in [3.8, 4) is 22.8 Å². The molecule has 0 bridgehead atoms. The number of methoxy groups -OCH3 is 2. The molecular weight excluding hydrogens is 430 g/mol. The van der Waals surface area contributed by atoms with Crippen LogP contribution in [0.1, 0.15) is 31.8 Å². The van der Waals surface area contributed by atoms with Crippen LogP contribution in [0.4, 0.5) is 0 Å². The Bertz CT molecular complexity index is 1390. The van der Waals surface area contributed by atoms with E-state index in [0.29, 0.717) is 39.2 Å². The number of ketones is 1. The Morgan fingerprint density at radius 2 is 1.62 bits per heavy atom. The number of esters is 1. The SMILES string of the molecule is COc1ccc(C(=O)COC(=O)c2cc(-c3ccc(C)cc3C)nc3ccccc23)cc1OC. The highest BCUT2D eigenvalue weighted by molar-refractivity contribution is 6.06. The van der Waals surface area contributed by atoms with Crippen LogP contribution < -0.4 is 9.47 Å². The first-order valence-corrected chi connectivity index (χ1v) is 10.8. The number of carbonyl (C=O) groups excluding carboxylic acids is 2. The molecule has 4 aromatic rings. The highest BCUT2D eigenvalue weighted by Gasteiger charge is 2.18. The predicted molar refractivity (Wildman–Crippen MR) is 131 cm³/mol. The lowest BCUT2D eigenvalue weighted by molar-refractivity contribution is 0.0476. The molecular formula is C28H25NO5. The quantitative estimate of drug-likeness (QED) is 0.268. The van der Waals surface area contributed by atoms with Crippen LogP contribution in [0.25, 0.3) is 22.2 Å². The van der Waals surface area contributed by atoms with Gasteiger partial charge in [-0.1, -0.05) is 42.0 Å². The number of benzene rings is 3.